The van der Waals surface area contributed by atoms with Crippen LogP contribution in [0.25, 0.3) is 0 Å². The van der Waals surface area contributed by atoms with Crippen molar-refractivity contribution in [3.8, 4) is 0 Å². The molecule has 0 unspecified atom stereocenters. The maximum atomic E-state index is 13.3. The van der Waals surface area contributed by atoms with Crippen LogP contribution in [0.15, 0.2) is 36.7 Å². The molecule has 0 atom stereocenters. The van der Waals surface area contributed by atoms with Crippen LogP contribution in [0.1, 0.15) is 5.56 Å². The molecule has 0 spiro atoms. The average Bonchev–Trinajstić information content (AvgIpc) is 2.75. The molecule has 1 heterocycles. The summed E-state index contributed by atoms with van der Waals surface area (Å²) in [7, 11) is 0. The Kier molecular flexibility index (Phi) is 3.57. The van der Waals surface area contributed by atoms with Crippen LogP contribution in [-0.2, 0) is 17.9 Å². The fourth-order valence-corrected chi connectivity index (χ4v) is 1.54. The second-order valence-electron chi connectivity index (χ2n) is 3.84. The van der Waals surface area contributed by atoms with Crippen molar-refractivity contribution < 1.29 is 9.18 Å². The van der Waals surface area contributed by atoms with Crippen molar-refractivity contribution in [2.24, 2.45) is 5.73 Å². The van der Waals surface area contributed by atoms with Gasteiger partial charge >= 0.3 is 0 Å². The second kappa shape index (κ2) is 5.31. The van der Waals surface area contributed by atoms with Gasteiger partial charge in [0.05, 0.1) is 11.9 Å². The van der Waals surface area contributed by atoms with E-state index < -0.39 is 5.91 Å². The van der Waals surface area contributed by atoms with Crippen molar-refractivity contribution in [3.63, 3.8) is 0 Å². The molecule has 0 bridgehead atoms. The summed E-state index contributed by atoms with van der Waals surface area (Å²) in [5, 5.41) is 6.97. The van der Waals surface area contributed by atoms with E-state index in [0.29, 0.717) is 17.8 Å². The van der Waals surface area contributed by atoms with Gasteiger partial charge in [0.15, 0.2) is 0 Å². The quantitative estimate of drug-likeness (QED) is 0.832. The highest BCUT2D eigenvalue weighted by Crippen LogP contribution is 2.10. The number of benzene rings is 1. The van der Waals surface area contributed by atoms with Gasteiger partial charge in [-0.2, -0.15) is 5.10 Å². The summed E-state index contributed by atoms with van der Waals surface area (Å²) in [4.78, 5) is 10.7. The number of carbonyl (C=O) groups excluding carboxylic acids is 1. The number of nitrogens with zero attached hydrogens (tertiary/aromatic N) is 2. The lowest BCUT2D eigenvalue weighted by molar-refractivity contribution is -0.118. The van der Waals surface area contributed by atoms with E-state index in [2.05, 4.69) is 10.4 Å². The third-order valence-electron chi connectivity index (χ3n) is 2.39. The van der Waals surface area contributed by atoms with Crippen LogP contribution in [-0.4, -0.2) is 15.7 Å². The fraction of sp³-hybridized carbons (Fsp3) is 0.167. The van der Waals surface area contributed by atoms with Crippen molar-refractivity contribution >= 4 is 11.6 Å². The van der Waals surface area contributed by atoms with E-state index in [1.807, 2.05) is 0 Å². The number of anilines is 1. The number of nitrogens with two attached hydrogens (primary N) is 1. The monoisotopic (exact) mass is 248 g/mol. The summed E-state index contributed by atoms with van der Waals surface area (Å²) in [5.74, 6) is -0.715. The maximum Gasteiger partial charge on any atom is 0.239 e. The van der Waals surface area contributed by atoms with Crippen LogP contribution in [0.5, 0.6) is 0 Å². The van der Waals surface area contributed by atoms with Gasteiger partial charge in [-0.1, -0.05) is 18.2 Å². The lowest BCUT2D eigenvalue weighted by atomic mass is 10.2. The van der Waals surface area contributed by atoms with Crippen molar-refractivity contribution in [1.29, 1.82) is 0 Å². The summed E-state index contributed by atoms with van der Waals surface area (Å²) in [5.41, 5.74) is 6.33. The van der Waals surface area contributed by atoms with Crippen molar-refractivity contribution in [2.75, 3.05) is 5.32 Å². The molecule has 5 nitrogen and oxygen atoms in total. The van der Waals surface area contributed by atoms with Gasteiger partial charge in [-0.05, 0) is 6.07 Å². The molecule has 0 radical (unpaired) electrons. The molecule has 2 aromatic rings. The Labute approximate surface area is 103 Å². The molecule has 18 heavy (non-hydrogen) atoms. The van der Waals surface area contributed by atoms with E-state index in [4.69, 9.17) is 5.73 Å². The molecule has 2 rings (SSSR count). The normalized spacial score (nSPS) is 10.3. The van der Waals surface area contributed by atoms with Crippen LogP contribution in [0.2, 0.25) is 0 Å². The number of aromatic nitrogens is 2. The number of rotatable bonds is 5. The Morgan fingerprint density at radius 3 is 2.94 bits per heavy atom. The molecule has 6 heteroatoms. The molecule has 0 saturated heterocycles. The Bertz CT molecular complexity index is 553. The predicted octanol–water partition coefficient (Wildman–Crippen LogP) is 1.12. The summed E-state index contributed by atoms with van der Waals surface area (Å²) in [6.45, 7) is 0.385. The smallest absolute Gasteiger partial charge is 0.239 e. The highest BCUT2D eigenvalue weighted by molar-refractivity contribution is 5.73. The summed E-state index contributed by atoms with van der Waals surface area (Å²) in [6.07, 6.45) is 3.20. The van der Waals surface area contributed by atoms with Crippen LogP contribution in [0.3, 0.4) is 0 Å². The summed E-state index contributed by atoms with van der Waals surface area (Å²) >= 11 is 0. The Morgan fingerprint density at radius 2 is 2.22 bits per heavy atom. The first kappa shape index (κ1) is 12.1. The third kappa shape index (κ3) is 3.07. The van der Waals surface area contributed by atoms with E-state index in [-0.39, 0.29) is 12.4 Å². The minimum atomic E-state index is -0.459. The molecule has 1 aromatic heterocycles. The molecular formula is C12H13FN4O. The zero-order valence-corrected chi connectivity index (χ0v) is 9.64. The number of primary amides is 1. The highest BCUT2D eigenvalue weighted by Gasteiger charge is 2.03. The first-order chi connectivity index (χ1) is 8.65. The van der Waals surface area contributed by atoms with Gasteiger partial charge in [0.25, 0.3) is 0 Å². The number of nitrogens with one attached hydrogen (secondary N) is 1. The summed E-state index contributed by atoms with van der Waals surface area (Å²) < 4.78 is 14.8. The van der Waals surface area contributed by atoms with Crippen molar-refractivity contribution in [2.45, 2.75) is 13.1 Å². The van der Waals surface area contributed by atoms with Crippen LogP contribution in [0.4, 0.5) is 10.1 Å². The fourth-order valence-electron chi connectivity index (χ4n) is 1.54. The molecule has 0 aliphatic heterocycles. The number of hydrogen-bond acceptors (Lipinski definition) is 3. The minimum Gasteiger partial charge on any atom is -0.378 e. The standard InChI is InChI=1S/C12H13FN4O/c13-11-4-2-1-3-9(11)5-15-10-6-16-17(7-10)8-12(14)18/h1-4,6-7,15H,5,8H2,(H2,14,18). The Balaban J connectivity index is 1.96. The van der Waals surface area contributed by atoms with Gasteiger partial charge in [-0.15, -0.1) is 0 Å². The van der Waals surface area contributed by atoms with Crippen molar-refractivity contribution in [1.82, 2.24) is 9.78 Å². The van der Waals surface area contributed by atoms with Gasteiger partial charge in [0, 0.05) is 18.3 Å². The largest absolute Gasteiger partial charge is 0.378 e. The van der Waals surface area contributed by atoms with E-state index in [0.717, 1.165) is 0 Å². The first-order valence-corrected chi connectivity index (χ1v) is 5.43. The minimum absolute atomic E-state index is 0.0291. The van der Waals surface area contributed by atoms with Crippen LogP contribution >= 0.6 is 0 Å². The van der Waals surface area contributed by atoms with E-state index in [1.54, 1.807) is 30.6 Å². The van der Waals surface area contributed by atoms with Crippen LogP contribution < -0.4 is 11.1 Å². The van der Waals surface area contributed by atoms with Gasteiger partial charge < -0.3 is 11.1 Å². The van der Waals surface area contributed by atoms with Crippen LogP contribution in [0, 0.1) is 5.82 Å². The number of amides is 1. The number of halogens is 1. The molecule has 0 aliphatic rings. The molecule has 0 aliphatic carbocycles. The second-order valence-corrected chi connectivity index (χ2v) is 3.84. The third-order valence-corrected chi connectivity index (χ3v) is 2.39. The molecule has 0 fully saturated rings. The lowest BCUT2D eigenvalue weighted by Crippen LogP contribution is -2.18. The molecule has 1 aromatic carbocycles. The zero-order chi connectivity index (χ0) is 13.0. The molecule has 0 saturated carbocycles. The van der Waals surface area contributed by atoms with E-state index in [1.165, 1.54) is 10.7 Å². The van der Waals surface area contributed by atoms with E-state index >= 15 is 0 Å². The summed E-state index contributed by atoms with van der Waals surface area (Å²) in [6, 6.07) is 6.53. The maximum absolute atomic E-state index is 13.3. The topological polar surface area (TPSA) is 72.9 Å². The van der Waals surface area contributed by atoms with Crippen molar-refractivity contribution in [3.05, 3.63) is 48.0 Å². The first-order valence-electron chi connectivity index (χ1n) is 5.43. The Hall–Kier alpha value is -2.37. The average molecular weight is 248 g/mol. The van der Waals surface area contributed by atoms with Gasteiger partial charge in [-0.25, -0.2) is 4.39 Å². The van der Waals surface area contributed by atoms with Gasteiger partial charge in [0.1, 0.15) is 12.4 Å². The van der Waals surface area contributed by atoms with Gasteiger partial charge in [0.2, 0.25) is 5.91 Å². The zero-order valence-electron chi connectivity index (χ0n) is 9.64. The van der Waals surface area contributed by atoms with Gasteiger partial charge in [-0.3, -0.25) is 9.48 Å². The Morgan fingerprint density at radius 1 is 1.44 bits per heavy atom. The predicted molar refractivity (Wildman–Crippen MR) is 65.1 cm³/mol. The number of carbonyl (C=O) groups is 1. The SMILES string of the molecule is NC(=O)Cn1cc(NCc2ccccc2F)cn1. The molecule has 94 valence electrons. The molecule has 1 amide bonds. The molecule has 3 N–H and O–H groups in total. The molecular weight excluding hydrogens is 235 g/mol. The lowest BCUT2D eigenvalue weighted by Gasteiger charge is -2.04. The van der Waals surface area contributed by atoms with E-state index in [9.17, 15) is 9.18 Å². The highest BCUT2D eigenvalue weighted by atomic mass is 19.1. The number of hydrogen-bond donors (Lipinski definition) is 2.